The van der Waals surface area contributed by atoms with Crippen molar-refractivity contribution in [1.29, 1.82) is 0 Å². The zero-order valence-electron chi connectivity index (χ0n) is 11.8. The first-order valence-corrected chi connectivity index (χ1v) is 8.47. The van der Waals surface area contributed by atoms with Gasteiger partial charge in [-0.05, 0) is 35.7 Å². The Morgan fingerprint density at radius 2 is 1.81 bits per heavy atom. The molecule has 1 aromatic carbocycles. The molecule has 10 atom stereocenters. The lowest BCUT2D eigenvalue weighted by atomic mass is 9.58. The molecule has 2 heterocycles. The minimum Gasteiger partial charge on any atom is -0.365 e. The number of ether oxygens (including phenoxy) is 1. The fourth-order valence-electron chi connectivity index (χ4n) is 8.18. The normalized spacial score (nSPS) is 65.8. The molecule has 1 aromatic rings. The Bertz CT molecular complexity index is 677. The maximum Gasteiger partial charge on any atom is 0.174 e. The lowest BCUT2D eigenvalue weighted by Gasteiger charge is -2.46. The lowest BCUT2D eigenvalue weighted by molar-refractivity contribution is -0.215. The van der Waals surface area contributed by atoms with Gasteiger partial charge in [0.2, 0.25) is 0 Å². The molecule has 0 aromatic heterocycles. The first-order valence-electron chi connectivity index (χ1n) is 8.47. The Morgan fingerprint density at radius 3 is 2.67 bits per heavy atom. The van der Waals surface area contributed by atoms with E-state index in [1.54, 1.807) is 0 Å². The Kier molecular flexibility index (Phi) is 1.45. The summed E-state index contributed by atoms with van der Waals surface area (Å²) >= 11 is 0. The second kappa shape index (κ2) is 2.82. The highest BCUT2D eigenvalue weighted by Gasteiger charge is 2.97. The molecular weight excluding hydrogens is 262 g/mol. The van der Waals surface area contributed by atoms with Crippen LogP contribution in [0.5, 0.6) is 0 Å². The van der Waals surface area contributed by atoms with E-state index in [1.807, 2.05) is 0 Å². The highest BCUT2D eigenvalue weighted by molar-refractivity contribution is 5.40. The largest absolute Gasteiger partial charge is 0.365 e. The summed E-state index contributed by atoms with van der Waals surface area (Å²) in [6.45, 7) is 0.859. The third-order valence-corrected chi connectivity index (χ3v) is 8.19. The number of benzene rings is 1. The van der Waals surface area contributed by atoms with Gasteiger partial charge < -0.3 is 9.84 Å². The van der Waals surface area contributed by atoms with Gasteiger partial charge in [0, 0.05) is 30.2 Å². The van der Waals surface area contributed by atoms with E-state index >= 15 is 0 Å². The Morgan fingerprint density at radius 1 is 1.05 bits per heavy atom. The highest BCUT2D eigenvalue weighted by Crippen LogP contribution is 2.92. The number of aliphatic hydroxyl groups is 1. The molecule has 0 radical (unpaired) electrons. The van der Waals surface area contributed by atoms with Gasteiger partial charge in [-0.2, -0.15) is 0 Å². The van der Waals surface area contributed by atoms with Crippen molar-refractivity contribution in [3.63, 3.8) is 0 Å². The molecule has 2 aliphatic heterocycles. The maximum atomic E-state index is 11.1. The molecule has 3 heteroatoms. The van der Waals surface area contributed by atoms with E-state index in [2.05, 4.69) is 35.6 Å². The van der Waals surface area contributed by atoms with Crippen molar-refractivity contribution in [3.8, 4) is 0 Å². The van der Waals surface area contributed by atoms with Crippen LogP contribution < -0.4 is 5.32 Å². The van der Waals surface area contributed by atoms with Gasteiger partial charge in [-0.1, -0.05) is 30.3 Å². The van der Waals surface area contributed by atoms with E-state index in [0.29, 0.717) is 23.7 Å². The zero-order valence-corrected chi connectivity index (χ0v) is 11.8. The van der Waals surface area contributed by atoms with Gasteiger partial charge in [-0.3, -0.25) is 5.32 Å². The summed E-state index contributed by atoms with van der Waals surface area (Å²) in [5, 5.41) is 14.9. The highest BCUT2D eigenvalue weighted by atomic mass is 16.7. The van der Waals surface area contributed by atoms with E-state index < -0.39 is 5.79 Å². The van der Waals surface area contributed by atoms with Crippen LogP contribution in [-0.2, 0) is 11.3 Å². The van der Waals surface area contributed by atoms with E-state index in [1.165, 1.54) is 12.0 Å². The molecule has 5 aliphatic carbocycles. The minimum atomic E-state index is -0.768. The molecule has 21 heavy (non-hydrogen) atoms. The zero-order chi connectivity index (χ0) is 13.6. The van der Waals surface area contributed by atoms with Crippen LogP contribution >= 0.6 is 0 Å². The second-order valence-corrected chi connectivity index (χ2v) is 8.31. The van der Waals surface area contributed by atoms with Crippen LogP contribution in [0.4, 0.5) is 0 Å². The van der Waals surface area contributed by atoms with Gasteiger partial charge in [0.05, 0.1) is 0 Å². The molecule has 108 valence electrons. The average Bonchev–Trinajstić information content (AvgIpc) is 3.09. The SMILES string of the molecule is O[C@]12O[C@@]3(NCc4ccccc4)[C@@H]4[C@H]5C[C@H]([C@H]6[C@H]5[C@@H]3[C@@H]61)[C@@H]42. The van der Waals surface area contributed by atoms with Gasteiger partial charge >= 0.3 is 0 Å². The van der Waals surface area contributed by atoms with Crippen LogP contribution in [0.25, 0.3) is 0 Å². The molecule has 7 aliphatic rings. The number of rotatable bonds is 3. The standard InChI is InChI=1S/C18H19NO2/c20-18-14-10-6-9-11-12(10)16(18)15(11)17(21-18,13(9)14)19-7-8-4-2-1-3-5-8/h1-5,9-16,19-20H,6-7H2/t9-,10+,11-,12-,13+,14-,15+,16+,17-,18+/m0/s1. The third kappa shape index (κ3) is 0.809. The fraction of sp³-hybridized carbons (Fsp3) is 0.667. The molecule has 8 rings (SSSR count). The second-order valence-electron chi connectivity index (χ2n) is 8.31. The lowest BCUT2D eigenvalue weighted by Crippen LogP contribution is -2.57. The summed E-state index contributed by atoms with van der Waals surface area (Å²) in [5.74, 6) is 4.58. The number of hydrogen-bond acceptors (Lipinski definition) is 3. The molecule has 2 N–H and O–H groups in total. The summed E-state index contributed by atoms with van der Waals surface area (Å²) in [5.41, 5.74) is 1.11. The van der Waals surface area contributed by atoms with Gasteiger partial charge in [-0.15, -0.1) is 0 Å². The smallest absolute Gasteiger partial charge is 0.174 e. The van der Waals surface area contributed by atoms with Crippen molar-refractivity contribution in [1.82, 2.24) is 5.32 Å². The molecule has 3 nitrogen and oxygen atoms in total. The van der Waals surface area contributed by atoms with Gasteiger partial charge in [0.15, 0.2) is 5.79 Å². The minimum absolute atomic E-state index is 0.197. The average molecular weight is 281 g/mol. The first-order chi connectivity index (χ1) is 10.3. The van der Waals surface area contributed by atoms with Crippen LogP contribution in [0.15, 0.2) is 30.3 Å². The van der Waals surface area contributed by atoms with Crippen LogP contribution in [0.3, 0.4) is 0 Å². The molecule has 5 saturated carbocycles. The molecule has 2 saturated heterocycles. The monoisotopic (exact) mass is 281 g/mol. The summed E-state index contributed by atoms with van der Waals surface area (Å²) in [6.07, 6.45) is 1.37. The molecule has 4 bridgehead atoms. The van der Waals surface area contributed by atoms with E-state index in [9.17, 15) is 5.11 Å². The fourth-order valence-corrected chi connectivity index (χ4v) is 8.18. The van der Waals surface area contributed by atoms with Crippen molar-refractivity contribution in [3.05, 3.63) is 35.9 Å². The van der Waals surface area contributed by atoms with Crippen molar-refractivity contribution in [2.45, 2.75) is 24.5 Å². The van der Waals surface area contributed by atoms with Crippen LogP contribution in [0.1, 0.15) is 12.0 Å². The summed E-state index contributed by atoms with van der Waals surface area (Å²) in [7, 11) is 0. The summed E-state index contributed by atoms with van der Waals surface area (Å²) in [4.78, 5) is 0. The van der Waals surface area contributed by atoms with Crippen molar-refractivity contribution in [2.75, 3.05) is 0 Å². The Labute approximate surface area is 123 Å². The van der Waals surface area contributed by atoms with Gasteiger partial charge in [-0.25, -0.2) is 0 Å². The third-order valence-electron chi connectivity index (χ3n) is 8.19. The Balaban J connectivity index is 1.32. The summed E-state index contributed by atoms with van der Waals surface area (Å²) in [6, 6.07) is 10.6. The topological polar surface area (TPSA) is 41.5 Å². The number of nitrogens with one attached hydrogen (secondary N) is 1. The quantitative estimate of drug-likeness (QED) is 0.884. The predicted octanol–water partition coefficient (Wildman–Crippen LogP) is 1.58. The Hall–Kier alpha value is -0.900. The van der Waals surface area contributed by atoms with Gasteiger partial charge in [0.25, 0.3) is 0 Å². The molecular formula is C18H19NO2. The van der Waals surface area contributed by atoms with E-state index in [4.69, 9.17) is 4.74 Å². The van der Waals surface area contributed by atoms with Crippen LogP contribution in [-0.4, -0.2) is 16.6 Å². The van der Waals surface area contributed by atoms with Gasteiger partial charge in [0.1, 0.15) is 5.72 Å². The molecule has 0 spiro atoms. The van der Waals surface area contributed by atoms with E-state index in [-0.39, 0.29) is 5.72 Å². The number of hydrogen-bond donors (Lipinski definition) is 2. The van der Waals surface area contributed by atoms with Crippen LogP contribution in [0, 0.1) is 47.3 Å². The molecule has 0 unspecified atom stereocenters. The summed E-state index contributed by atoms with van der Waals surface area (Å²) < 4.78 is 6.41. The van der Waals surface area contributed by atoms with Crippen molar-refractivity contribution >= 4 is 0 Å². The maximum absolute atomic E-state index is 11.1. The van der Waals surface area contributed by atoms with Crippen molar-refractivity contribution < 1.29 is 9.84 Å². The molecule has 0 amide bonds. The first kappa shape index (κ1) is 10.8. The van der Waals surface area contributed by atoms with E-state index in [0.717, 1.165) is 30.2 Å². The van der Waals surface area contributed by atoms with Crippen LogP contribution in [0.2, 0.25) is 0 Å². The molecule has 7 fully saturated rings. The van der Waals surface area contributed by atoms with Crippen molar-refractivity contribution in [2.24, 2.45) is 47.3 Å². The predicted molar refractivity (Wildman–Crippen MR) is 74.6 cm³/mol.